The number of nitriles is 1. The molecule has 6 heteroatoms. The molecule has 1 aliphatic rings. The van der Waals surface area contributed by atoms with Gasteiger partial charge in [-0.2, -0.15) is 5.26 Å². The lowest BCUT2D eigenvalue weighted by molar-refractivity contribution is 0.376. The average molecular weight is 268 g/mol. The monoisotopic (exact) mass is 268 g/mol. The molecule has 0 spiro atoms. The zero-order valence-electron chi connectivity index (χ0n) is 11.4. The topological polar surface area (TPSA) is 79.4 Å². The third kappa shape index (κ3) is 2.35. The van der Waals surface area contributed by atoms with Gasteiger partial charge in [-0.15, -0.1) is 10.2 Å². The number of aromatic nitrogens is 4. The lowest BCUT2D eigenvalue weighted by Gasteiger charge is -2.24. The van der Waals surface area contributed by atoms with Gasteiger partial charge in [0, 0.05) is 25.7 Å². The van der Waals surface area contributed by atoms with Crippen LogP contribution in [0.5, 0.6) is 0 Å². The van der Waals surface area contributed by atoms with Gasteiger partial charge in [-0.1, -0.05) is 0 Å². The van der Waals surface area contributed by atoms with E-state index in [-0.39, 0.29) is 0 Å². The Morgan fingerprint density at radius 2 is 2.40 bits per heavy atom. The molecule has 2 aromatic heterocycles. The highest BCUT2D eigenvalue weighted by molar-refractivity contribution is 5.51. The van der Waals surface area contributed by atoms with Crippen LogP contribution < -0.4 is 5.32 Å². The number of hydrogen-bond acceptors (Lipinski definition) is 5. The maximum absolute atomic E-state index is 9.04. The van der Waals surface area contributed by atoms with Gasteiger partial charge in [0.15, 0.2) is 0 Å². The lowest BCUT2D eigenvalue weighted by Crippen LogP contribution is -2.27. The zero-order chi connectivity index (χ0) is 13.9. The number of nitrogens with one attached hydrogen (secondary N) is 1. The first-order valence-corrected chi connectivity index (χ1v) is 6.75. The number of nitrogens with zero attached hydrogens (tertiary/aromatic N) is 5. The van der Waals surface area contributed by atoms with Crippen molar-refractivity contribution >= 4 is 5.82 Å². The standard InChI is InChI=1S/C14H16N6/c1-10-18-19-13-5-4-11(9-20(10)13)8-17-14-12(7-15)3-2-6-16-14/h2-3,6,11H,4-5,8-9H2,1H3,(H,16,17)/t11-/m0/s1. The Morgan fingerprint density at radius 3 is 3.25 bits per heavy atom. The molecule has 0 amide bonds. The molecule has 0 radical (unpaired) electrons. The minimum absolute atomic E-state index is 0.505. The summed E-state index contributed by atoms with van der Waals surface area (Å²) in [7, 11) is 0. The Morgan fingerprint density at radius 1 is 1.50 bits per heavy atom. The van der Waals surface area contributed by atoms with Gasteiger partial charge in [-0.25, -0.2) is 4.98 Å². The van der Waals surface area contributed by atoms with Crippen molar-refractivity contribution in [2.75, 3.05) is 11.9 Å². The molecule has 2 aromatic rings. The second-order valence-electron chi connectivity index (χ2n) is 5.07. The predicted octanol–water partition coefficient (Wildman–Crippen LogP) is 1.53. The number of fused-ring (bicyclic) bond motifs is 1. The average Bonchev–Trinajstić information content (AvgIpc) is 2.86. The van der Waals surface area contributed by atoms with Crippen LogP contribution in [0.4, 0.5) is 5.82 Å². The van der Waals surface area contributed by atoms with Crippen LogP contribution in [0.15, 0.2) is 18.3 Å². The van der Waals surface area contributed by atoms with E-state index in [4.69, 9.17) is 5.26 Å². The molecule has 1 aliphatic heterocycles. The van der Waals surface area contributed by atoms with Gasteiger partial charge in [-0.05, 0) is 31.4 Å². The summed E-state index contributed by atoms with van der Waals surface area (Å²) in [5, 5.41) is 20.6. The number of rotatable bonds is 3. The molecule has 0 bridgehead atoms. The van der Waals surface area contributed by atoms with Gasteiger partial charge >= 0.3 is 0 Å². The minimum atomic E-state index is 0.505. The van der Waals surface area contributed by atoms with Crippen molar-refractivity contribution < 1.29 is 0 Å². The summed E-state index contributed by atoms with van der Waals surface area (Å²) < 4.78 is 2.18. The zero-order valence-corrected chi connectivity index (χ0v) is 11.4. The number of pyridine rings is 1. The summed E-state index contributed by atoms with van der Waals surface area (Å²) in [5.74, 6) is 3.22. The molecule has 6 nitrogen and oxygen atoms in total. The summed E-state index contributed by atoms with van der Waals surface area (Å²) in [6.07, 6.45) is 3.74. The second-order valence-corrected chi connectivity index (χ2v) is 5.07. The van der Waals surface area contributed by atoms with E-state index in [1.54, 1.807) is 18.3 Å². The van der Waals surface area contributed by atoms with Gasteiger partial charge < -0.3 is 9.88 Å². The summed E-state index contributed by atoms with van der Waals surface area (Å²) in [6, 6.07) is 5.70. The number of anilines is 1. The van der Waals surface area contributed by atoms with Crippen LogP contribution in [0.2, 0.25) is 0 Å². The highest BCUT2D eigenvalue weighted by Crippen LogP contribution is 2.20. The van der Waals surface area contributed by atoms with Crippen molar-refractivity contribution in [3.8, 4) is 6.07 Å². The van der Waals surface area contributed by atoms with Crippen LogP contribution in [0.3, 0.4) is 0 Å². The van der Waals surface area contributed by atoms with Crippen molar-refractivity contribution in [3.05, 3.63) is 35.5 Å². The Bertz CT molecular complexity index is 654. The summed E-state index contributed by atoms with van der Waals surface area (Å²) >= 11 is 0. The Kier molecular flexibility index (Phi) is 3.33. The maximum atomic E-state index is 9.04. The van der Waals surface area contributed by atoms with Crippen molar-refractivity contribution in [2.24, 2.45) is 5.92 Å². The first kappa shape index (κ1) is 12.6. The highest BCUT2D eigenvalue weighted by atomic mass is 15.3. The Balaban J connectivity index is 1.66. The van der Waals surface area contributed by atoms with E-state index >= 15 is 0 Å². The second kappa shape index (κ2) is 5.29. The normalized spacial score (nSPS) is 17.3. The summed E-state index contributed by atoms with van der Waals surface area (Å²) in [6.45, 7) is 3.72. The lowest BCUT2D eigenvalue weighted by atomic mass is 9.99. The molecule has 0 saturated carbocycles. The molecule has 0 saturated heterocycles. The van der Waals surface area contributed by atoms with E-state index in [0.717, 1.165) is 37.6 Å². The molecule has 20 heavy (non-hydrogen) atoms. The molecule has 3 rings (SSSR count). The first-order valence-electron chi connectivity index (χ1n) is 6.75. The molecule has 102 valence electrons. The van der Waals surface area contributed by atoms with E-state index in [1.807, 2.05) is 6.92 Å². The smallest absolute Gasteiger partial charge is 0.143 e. The third-order valence-corrected chi connectivity index (χ3v) is 3.72. The molecule has 0 aromatic carbocycles. The quantitative estimate of drug-likeness (QED) is 0.913. The van der Waals surface area contributed by atoms with Crippen molar-refractivity contribution in [2.45, 2.75) is 26.3 Å². The summed E-state index contributed by atoms with van der Waals surface area (Å²) in [4.78, 5) is 4.22. The van der Waals surface area contributed by atoms with E-state index in [2.05, 4.69) is 31.1 Å². The van der Waals surface area contributed by atoms with Gasteiger partial charge in [0.25, 0.3) is 0 Å². The molecule has 3 heterocycles. The van der Waals surface area contributed by atoms with Crippen LogP contribution in [0.1, 0.15) is 23.6 Å². The highest BCUT2D eigenvalue weighted by Gasteiger charge is 2.21. The van der Waals surface area contributed by atoms with E-state index < -0.39 is 0 Å². The largest absolute Gasteiger partial charge is 0.369 e. The predicted molar refractivity (Wildman–Crippen MR) is 74.0 cm³/mol. The van der Waals surface area contributed by atoms with Crippen LogP contribution in [0, 0.1) is 24.2 Å². The van der Waals surface area contributed by atoms with E-state index in [1.165, 1.54) is 0 Å². The number of hydrogen-bond donors (Lipinski definition) is 1. The minimum Gasteiger partial charge on any atom is -0.369 e. The van der Waals surface area contributed by atoms with Gasteiger partial charge in [0.2, 0.25) is 0 Å². The van der Waals surface area contributed by atoms with Crippen LogP contribution >= 0.6 is 0 Å². The van der Waals surface area contributed by atoms with Gasteiger partial charge in [0.05, 0.1) is 5.56 Å². The Labute approximate surface area is 117 Å². The van der Waals surface area contributed by atoms with Crippen LogP contribution in [0.25, 0.3) is 0 Å². The Hall–Kier alpha value is -2.42. The van der Waals surface area contributed by atoms with Crippen molar-refractivity contribution in [3.63, 3.8) is 0 Å². The van der Waals surface area contributed by atoms with Crippen molar-refractivity contribution in [1.82, 2.24) is 19.7 Å². The van der Waals surface area contributed by atoms with Crippen molar-refractivity contribution in [1.29, 1.82) is 5.26 Å². The third-order valence-electron chi connectivity index (χ3n) is 3.72. The van der Waals surface area contributed by atoms with Crippen LogP contribution in [-0.4, -0.2) is 26.3 Å². The van der Waals surface area contributed by atoms with E-state index in [0.29, 0.717) is 17.3 Å². The molecule has 1 N–H and O–H groups in total. The number of aryl methyl sites for hydroxylation is 2. The fraction of sp³-hybridized carbons (Fsp3) is 0.429. The SMILES string of the molecule is Cc1nnc2n1C[C@H](CNc1ncccc1C#N)CC2. The van der Waals surface area contributed by atoms with E-state index in [9.17, 15) is 0 Å². The molecule has 0 unspecified atom stereocenters. The molecular formula is C14H16N6. The molecular weight excluding hydrogens is 252 g/mol. The van der Waals surface area contributed by atoms with Gasteiger partial charge in [-0.3, -0.25) is 0 Å². The summed E-state index contributed by atoms with van der Waals surface area (Å²) in [5.41, 5.74) is 0.587. The maximum Gasteiger partial charge on any atom is 0.143 e. The molecule has 0 aliphatic carbocycles. The molecule has 1 atom stereocenters. The first-order chi connectivity index (χ1) is 9.78. The fourth-order valence-electron chi connectivity index (χ4n) is 2.57. The molecule has 0 fully saturated rings. The van der Waals surface area contributed by atoms with Gasteiger partial charge in [0.1, 0.15) is 23.5 Å². The van der Waals surface area contributed by atoms with Crippen LogP contribution in [-0.2, 0) is 13.0 Å². The fourth-order valence-corrected chi connectivity index (χ4v) is 2.57.